The van der Waals surface area contributed by atoms with Crippen molar-refractivity contribution in [3.05, 3.63) is 65.3 Å². The highest BCUT2D eigenvalue weighted by atomic mass is 79.9. The minimum Gasteiger partial charge on any atom is -0.301 e. The van der Waals surface area contributed by atoms with E-state index in [0.717, 1.165) is 15.4 Å². The molecular formula is C20H13BrN4O2S. The number of hydrogen-bond acceptors (Lipinski definition) is 5. The van der Waals surface area contributed by atoms with Crippen molar-refractivity contribution in [1.82, 2.24) is 10.3 Å². The molecule has 28 heavy (non-hydrogen) atoms. The number of thiocarbonyl (C=S) groups is 1. The molecular weight excluding hydrogens is 440 g/mol. The fourth-order valence-electron chi connectivity index (χ4n) is 2.86. The number of hydrogen-bond donors (Lipinski definition) is 1. The van der Waals surface area contributed by atoms with Gasteiger partial charge in [-0.2, -0.15) is 0 Å². The molecule has 0 aliphatic carbocycles. The summed E-state index contributed by atoms with van der Waals surface area (Å²) in [5, 5.41) is 3.55. The first kappa shape index (κ1) is 18.4. The van der Waals surface area contributed by atoms with Crippen molar-refractivity contribution in [1.29, 1.82) is 0 Å². The van der Waals surface area contributed by atoms with Gasteiger partial charge in [0.2, 0.25) is 5.91 Å². The number of aromatic nitrogens is 1. The summed E-state index contributed by atoms with van der Waals surface area (Å²) in [6.07, 6.45) is 3.07. The van der Waals surface area contributed by atoms with E-state index in [1.165, 1.54) is 11.1 Å². The first-order chi connectivity index (χ1) is 13.5. The summed E-state index contributed by atoms with van der Waals surface area (Å²) in [5.41, 5.74) is 2.05. The van der Waals surface area contributed by atoms with E-state index in [9.17, 15) is 9.59 Å². The molecule has 1 saturated heterocycles. The Morgan fingerprint density at radius 3 is 2.71 bits per heavy atom. The Bertz CT molecular complexity index is 1130. The highest BCUT2D eigenvalue weighted by molar-refractivity contribution is 9.10. The van der Waals surface area contributed by atoms with Crippen LogP contribution in [0.1, 0.15) is 0 Å². The zero-order valence-corrected chi connectivity index (χ0v) is 16.8. The van der Waals surface area contributed by atoms with Crippen LogP contribution in [0.5, 0.6) is 0 Å². The topological polar surface area (TPSA) is 74.7 Å². The van der Waals surface area contributed by atoms with Gasteiger partial charge >= 0.3 is 0 Å². The van der Waals surface area contributed by atoms with Crippen LogP contribution in [0.15, 0.2) is 70.3 Å². The Kier molecular flexibility index (Phi) is 4.97. The molecule has 0 spiro atoms. The normalized spacial score (nSPS) is 17.4. The second kappa shape index (κ2) is 7.57. The minimum absolute atomic E-state index is 0.0544. The number of pyridine rings is 1. The Hall–Kier alpha value is -2.97. The van der Waals surface area contributed by atoms with Crippen molar-refractivity contribution in [3.8, 4) is 0 Å². The fourth-order valence-corrected chi connectivity index (χ4v) is 3.42. The van der Waals surface area contributed by atoms with Crippen LogP contribution in [0, 0.1) is 5.92 Å². The molecule has 6 nitrogen and oxygen atoms in total. The predicted octanol–water partition coefficient (Wildman–Crippen LogP) is 3.76. The molecule has 1 N–H and O–H groups in total. The van der Waals surface area contributed by atoms with Crippen LogP contribution < -0.4 is 10.2 Å². The molecule has 1 fully saturated rings. The number of halogens is 1. The lowest BCUT2D eigenvalue weighted by molar-refractivity contribution is -0.130. The highest BCUT2D eigenvalue weighted by Crippen LogP contribution is 2.24. The lowest BCUT2D eigenvalue weighted by Gasteiger charge is -2.30. The van der Waals surface area contributed by atoms with E-state index in [1.807, 2.05) is 24.3 Å². The fraction of sp³-hybridized carbons (Fsp3) is 0.0500. The van der Waals surface area contributed by atoms with Crippen molar-refractivity contribution < 1.29 is 9.59 Å². The Balaban J connectivity index is 1.62. The van der Waals surface area contributed by atoms with Gasteiger partial charge in [-0.15, -0.1) is 0 Å². The predicted molar refractivity (Wildman–Crippen MR) is 116 cm³/mol. The molecule has 0 bridgehead atoms. The number of carbonyl (C=O) groups is 2. The molecule has 1 atom stereocenters. The van der Waals surface area contributed by atoms with Gasteiger partial charge in [-0.25, -0.2) is 0 Å². The third-order valence-electron chi connectivity index (χ3n) is 4.25. The lowest BCUT2D eigenvalue weighted by atomic mass is 10.1. The molecule has 1 aliphatic heterocycles. The molecule has 0 saturated carbocycles. The monoisotopic (exact) mass is 452 g/mol. The number of nitrogens with zero attached hydrogens (tertiary/aromatic N) is 3. The highest BCUT2D eigenvalue weighted by Gasteiger charge is 2.38. The smallest absolute Gasteiger partial charge is 0.251 e. The molecule has 2 aromatic carbocycles. The van der Waals surface area contributed by atoms with Gasteiger partial charge in [0.15, 0.2) is 11.0 Å². The van der Waals surface area contributed by atoms with Crippen molar-refractivity contribution in [2.24, 2.45) is 10.9 Å². The summed E-state index contributed by atoms with van der Waals surface area (Å²) >= 11 is 8.55. The summed E-state index contributed by atoms with van der Waals surface area (Å²) in [7, 11) is 0. The third-order valence-corrected chi connectivity index (χ3v) is 5.06. The van der Waals surface area contributed by atoms with Gasteiger partial charge in [-0.3, -0.25) is 24.5 Å². The number of rotatable bonds is 3. The zero-order valence-electron chi connectivity index (χ0n) is 14.4. The number of benzene rings is 2. The average molecular weight is 453 g/mol. The van der Waals surface area contributed by atoms with Gasteiger partial charge in [0, 0.05) is 22.3 Å². The van der Waals surface area contributed by atoms with Crippen LogP contribution in [0.25, 0.3) is 10.9 Å². The third kappa shape index (κ3) is 3.56. The molecule has 0 unspecified atom stereocenters. The average Bonchev–Trinajstić information content (AvgIpc) is 2.69. The molecule has 8 heteroatoms. The van der Waals surface area contributed by atoms with Gasteiger partial charge in [-0.1, -0.05) is 22.0 Å². The van der Waals surface area contributed by atoms with Gasteiger partial charge in [-0.05, 0) is 60.7 Å². The first-order valence-electron chi connectivity index (χ1n) is 8.36. The molecule has 4 rings (SSSR count). The van der Waals surface area contributed by atoms with E-state index in [4.69, 9.17) is 12.2 Å². The zero-order chi connectivity index (χ0) is 19.7. The molecule has 2 heterocycles. The summed E-state index contributed by atoms with van der Waals surface area (Å²) in [6, 6.07) is 16.3. The second-order valence-electron chi connectivity index (χ2n) is 6.08. The van der Waals surface area contributed by atoms with Gasteiger partial charge < -0.3 is 5.32 Å². The molecule has 1 aliphatic rings. The lowest BCUT2D eigenvalue weighted by Crippen LogP contribution is -2.58. The Morgan fingerprint density at radius 2 is 1.93 bits per heavy atom. The van der Waals surface area contributed by atoms with E-state index in [1.54, 1.807) is 36.5 Å². The maximum absolute atomic E-state index is 12.9. The summed E-state index contributed by atoms with van der Waals surface area (Å²) < 4.78 is 0.875. The Morgan fingerprint density at radius 1 is 1.14 bits per heavy atom. The van der Waals surface area contributed by atoms with Crippen LogP contribution in [-0.2, 0) is 9.59 Å². The second-order valence-corrected chi connectivity index (χ2v) is 7.38. The van der Waals surface area contributed by atoms with E-state index in [2.05, 4.69) is 31.2 Å². The standard InChI is InChI=1S/C20H13BrN4O2S/c21-13-3-6-15(7-4-13)25-19(27)16(18(26)24-20(25)28)11-23-14-5-8-17-12(10-14)2-1-9-22-17/h1-11,16H,(H,24,26,28)/t16-/m1/s1. The van der Waals surface area contributed by atoms with Crippen molar-refractivity contribution in [2.45, 2.75) is 0 Å². The molecule has 3 aromatic rings. The van der Waals surface area contributed by atoms with E-state index in [-0.39, 0.29) is 5.11 Å². The maximum Gasteiger partial charge on any atom is 0.251 e. The molecule has 2 amide bonds. The van der Waals surface area contributed by atoms with Crippen molar-refractivity contribution in [3.63, 3.8) is 0 Å². The molecule has 138 valence electrons. The number of amides is 2. The number of fused-ring (bicyclic) bond motifs is 1. The summed E-state index contributed by atoms with van der Waals surface area (Å²) in [4.78, 5) is 35.2. The molecule has 0 radical (unpaired) electrons. The van der Waals surface area contributed by atoms with E-state index in [0.29, 0.717) is 11.4 Å². The number of aliphatic imine (C=N–C) groups is 1. The minimum atomic E-state index is -1.07. The maximum atomic E-state index is 12.9. The van der Waals surface area contributed by atoms with Crippen molar-refractivity contribution >= 4 is 73.6 Å². The summed E-state index contributed by atoms with van der Waals surface area (Å²) in [5.74, 6) is -2.00. The number of carbonyl (C=O) groups excluding carboxylic acids is 2. The van der Waals surface area contributed by atoms with Crippen molar-refractivity contribution in [2.75, 3.05) is 4.90 Å². The number of nitrogens with one attached hydrogen (secondary N) is 1. The summed E-state index contributed by atoms with van der Waals surface area (Å²) in [6.45, 7) is 0. The first-order valence-corrected chi connectivity index (χ1v) is 9.56. The van der Waals surface area contributed by atoms with Crippen LogP contribution in [0.3, 0.4) is 0 Å². The van der Waals surface area contributed by atoms with Gasteiger partial charge in [0.25, 0.3) is 5.91 Å². The van der Waals surface area contributed by atoms with E-state index >= 15 is 0 Å². The van der Waals surface area contributed by atoms with E-state index < -0.39 is 17.7 Å². The van der Waals surface area contributed by atoms with Crippen LogP contribution in [0.2, 0.25) is 0 Å². The molecule has 1 aromatic heterocycles. The van der Waals surface area contributed by atoms with Crippen LogP contribution >= 0.6 is 28.1 Å². The van der Waals surface area contributed by atoms with Crippen LogP contribution in [-0.4, -0.2) is 28.1 Å². The number of anilines is 1. The van der Waals surface area contributed by atoms with Gasteiger partial charge in [0.1, 0.15) is 0 Å². The SMILES string of the molecule is O=C1NC(=S)N(c2ccc(Br)cc2)C(=O)[C@@H]1C=Nc1ccc2ncccc2c1. The quantitative estimate of drug-likeness (QED) is 0.372. The Labute approximate surface area is 174 Å². The largest absolute Gasteiger partial charge is 0.301 e. The van der Waals surface area contributed by atoms with Gasteiger partial charge in [0.05, 0.1) is 16.9 Å². The van der Waals surface area contributed by atoms with Crippen LogP contribution in [0.4, 0.5) is 11.4 Å².